The smallest absolute Gasteiger partial charge is 0.338 e. The van der Waals surface area contributed by atoms with E-state index in [1.54, 1.807) is 7.11 Å². The monoisotopic (exact) mass is 260 g/mol. The third-order valence-electron chi connectivity index (χ3n) is 3.74. The van der Waals surface area contributed by atoms with E-state index >= 15 is 0 Å². The van der Waals surface area contributed by atoms with Gasteiger partial charge in [0.05, 0.1) is 0 Å². The molecule has 0 N–H and O–H groups in total. The van der Waals surface area contributed by atoms with Crippen LogP contribution in [0.15, 0.2) is 42.5 Å². The van der Waals surface area contributed by atoms with E-state index in [2.05, 4.69) is 6.58 Å². The van der Waals surface area contributed by atoms with Gasteiger partial charge in [0.25, 0.3) is 0 Å². The van der Waals surface area contributed by atoms with Gasteiger partial charge in [0.15, 0.2) is 5.60 Å². The highest BCUT2D eigenvalue weighted by Crippen LogP contribution is 2.34. The molecule has 19 heavy (non-hydrogen) atoms. The van der Waals surface area contributed by atoms with Gasteiger partial charge in [-0.2, -0.15) is 0 Å². The number of esters is 1. The molecule has 0 unspecified atom stereocenters. The molecule has 3 heteroatoms. The standard InChI is InChI=1S/C16H20O3/c1-13-8-10-16(18-2,11-9-13)15(17)19-12-14-6-4-3-5-7-14/h3-7H,1,8-12H2,2H3. The number of hydrogen-bond donors (Lipinski definition) is 0. The van der Waals surface area contributed by atoms with Gasteiger partial charge in [-0.1, -0.05) is 42.5 Å². The fraction of sp³-hybridized carbons (Fsp3) is 0.438. The second kappa shape index (κ2) is 6.02. The average Bonchev–Trinajstić information content (AvgIpc) is 2.47. The quantitative estimate of drug-likeness (QED) is 0.616. The minimum atomic E-state index is -0.782. The summed E-state index contributed by atoms with van der Waals surface area (Å²) in [6.07, 6.45) is 2.98. The molecule has 1 saturated carbocycles. The van der Waals surface area contributed by atoms with Crippen molar-refractivity contribution >= 4 is 5.97 Å². The van der Waals surface area contributed by atoms with Gasteiger partial charge in [0.2, 0.25) is 0 Å². The zero-order valence-electron chi connectivity index (χ0n) is 11.4. The van der Waals surface area contributed by atoms with Crippen molar-refractivity contribution in [3.05, 3.63) is 48.0 Å². The Labute approximate surface area is 114 Å². The van der Waals surface area contributed by atoms with E-state index in [1.807, 2.05) is 30.3 Å². The number of methoxy groups -OCH3 is 1. The molecule has 1 aromatic rings. The molecule has 1 aliphatic carbocycles. The van der Waals surface area contributed by atoms with Crippen LogP contribution in [0.3, 0.4) is 0 Å². The van der Waals surface area contributed by atoms with Crippen molar-refractivity contribution in [1.29, 1.82) is 0 Å². The van der Waals surface area contributed by atoms with Crippen molar-refractivity contribution < 1.29 is 14.3 Å². The van der Waals surface area contributed by atoms with Gasteiger partial charge in [-0.3, -0.25) is 0 Å². The van der Waals surface area contributed by atoms with Gasteiger partial charge in [-0.15, -0.1) is 0 Å². The first-order valence-electron chi connectivity index (χ1n) is 6.59. The topological polar surface area (TPSA) is 35.5 Å². The van der Waals surface area contributed by atoms with E-state index in [1.165, 1.54) is 5.57 Å². The van der Waals surface area contributed by atoms with E-state index in [0.717, 1.165) is 18.4 Å². The summed E-state index contributed by atoms with van der Waals surface area (Å²) in [7, 11) is 1.58. The third-order valence-corrected chi connectivity index (χ3v) is 3.74. The molecule has 0 spiro atoms. The van der Waals surface area contributed by atoms with Gasteiger partial charge >= 0.3 is 5.97 Å². The first-order valence-corrected chi connectivity index (χ1v) is 6.59. The Bertz CT molecular complexity index is 440. The van der Waals surface area contributed by atoms with Crippen LogP contribution in [-0.2, 0) is 20.9 Å². The molecule has 0 aliphatic heterocycles. The van der Waals surface area contributed by atoms with Crippen LogP contribution in [0.5, 0.6) is 0 Å². The third kappa shape index (κ3) is 3.24. The summed E-state index contributed by atoms with van der Waals surface area (Å²) in [4.78, 5) is 12.3. The summed E-state index contributed by atoms with van der Waals surface area (Å²) in [5.74, 6) is -0.258. The molecule has 1 aromatic carbocycles. The Kier molecular flexibility index (Phi) is 4.38. The summed E-state index contributed by atoms with van der Waals surface area (Å²) in [6.45, 7) is 4.26. The van der Waals surface area contributed by atoms with Gasteiger partial charge < -0.3 is 9.47 Å². The highest BCUT2D eigenvalue weighted by atomic mass is 16.6. The zero-order chi connectivity index (χ0) is 13.7. The molecule has 0 heterocycles. The van der Waals surface area contributed by atoms with Gasteiger partial charge in [-0.05, 0) is 31.2 Å². The van der Waals surface area contributed by atoms with Crippen LogP contribution in [-0.4, -0.2) is 18.7 Å². The van der Waals surface area contributed by atoms with E-state index in [-0.39, 0.29) is 5.97 Å². The second-order valence-electron chi connectivity index (χ2n) is 5.01. The van der Waals surface area contributed by atoms with Crippen molar-refractivity contribution in [1.82, 2.24) is 0 Å². The number of benzene rings is 1. The molecule has 0 amide bonds. The number of hydrogen-bond acceptors (Lipinski definition) is 3. The summed E-state index contributed by atoms with van der Waals surface area (Å²) < 4.78 is 10.9. The van der Waals surface area contributed by atoms with E-state index in [4.69, 9.17) is 9.47 Å². The molecular formula is C16H20O3. The lowest BCUT2D eigenvalue weighted by Gasteiger charge is -2.34. The molecule has 0 atom stereocenters. The largest absolute Gasteiger partial charge is 0.459 e. The Morgan fingerprint density at radius 2 is 1.89 bits per heavy atom. The van der Waals surface area contributed by atoms with Crippen molar-refractivity contribution in [2.45, 2.75) is 37.9 Å². The molecule has 0 bridgehead atoms. The Morgan fingerprint density at radius 1 is 1.26 bits per heavy atom. The first kappa shape index (κ1) is 13.8. The summed E-state index contributed by atoms with van der Waals surface area (Å²) in [5.41, 5.74) is 1.39. The maximum Gasteiger partial charge on any atom is 0.338 e. The molecular weight excluding hydrogens is 240 g/mol. The van der Waals surface area contributed by atoms with Crippen LogP contribution in [0.25, 0.3) is 0 Å². The van der Waals surface area contributed by atoms with Crippen LogP contribution in [0.1, 0.15) is 31.2 Å². The molecule has 2 rings (SSSR count). The molecule has 1 fully saturated rings. The Morgan fingerprint density at radius 3 is 2.47 bits per heavy atom. The summed E-state index contributed by atoms with van der Waals surface area (Å²) in [6, 6.07) is 9.68. The lowest BCUT2D eigenvalue weighted by Crippen LogP contribution is -2.44. The molecule has 3 nitrogen and oxygen atoms in total. The predicted molar refractivity (Wildman–Crippen MR) is 73.6 cm³/mol. The van der Waals surface area contributed by atoms with Crippen molar-refractivity contribution in [2.75, 3.05) is 7.11 Å². The fourth-order valence-corrected chi connectivity index (χ4v) is 2.35. The predicted octanol–water partition coefficient (Wildman–Crippen LogP) is 3.25. The van der Waals surface area contributed by atoms with Gasteiger partial charge in [0.1, 0.15) is 6.61 Å². The average molecular weight is 260 g/mol. The minimum absolute atomic E-state index is 0.258. The number of rotatable bonds is 4. The molecule has 102 valence electrons. The molecule has 0 saturated heterocycles. The number of carbonyl (C=O) groups is 1. The van der Waals surface area contributed by atoms with Crippen LogP contribution in [0.4, 0.5) is 0 Å². The van der Waals surface area contributed by atoms with Crippen LogP contribution >= 0.6 is 0 Å². The number of allylic oxidation sites excluding steroid dienone is 1. The van der Waals surface area contributed by atoms with Crippen LogP contribution < -0.4 is 0 Å². The summed E-state index contributed by atoms with van der Waals surface area (Å²) in [5, 5.41) is 0. The first-order chi connectivity index (χ1) is 9.16. The SMILES string of the molecule is C=C1CCC(OC)(C(=O)OCc2ccccc2)CC1. The number of ether oxygens (including phenoxy) is 2. The Hall–Kier alpha value is -1.61. The van der Waals surface area contributed by atoms with Crippen LogP contribution in [0, 0.1) is 0 Å². The van der Waals surface area contributed by atoms with Gasteiger partial charge in [-0.25, -0.2) is 4.79 Å². The lowest BCUT2D eigenvalue weighted by molar-refractivity contribution is -0.173. The lowest BCUT2D eigenvalue weighted by atomic mass is 9.82. The van der Waals surface area contributed by atoms with Crippen molar-refractivity contribution in [3.63, 3.8) is 0 Å². The van der Waals surface area contributed by atoms with Crippen molar-refractivity contribution in [2.24, 2.45) is 0 Å². The summed E-state index contributed by atoms with van der Waals surface area (Å²) >= 11 is 0. The van der Waals surface area contributed by atoms with Gasteiger partial charge in [0, 0.05) is 7.11 Å². The van der Waals surface area contributed by atoms with E-state index < -0.39 is 5.60 Å². The highest BCUT2D eigenvalue weighted by Gasteiger charge is 2.41. The molecule has 1 aliphatic rings. The molecule has 0 radical (unpaired) electrons. The maximum atomic E-state index is 12.3. The number of carbonyl (C=O) groups excluding carboxylic acids is 1. The van der Waals surface area contributed by atoms with E-state index in [9.17, 15) is 4.79 Å². The minimum Gasteiger partial charge on any atom is -0.459 e. The van der Waals surface area contributed by atoms with Crippen molar-refractivity contribution in [3.8, 4) is 0 Å². The Balaban J connectivity index is 1.96. The highest BCUT2D eigenvalue weighted by molar-refractivity contribution is 5.80. The van der Waals surface area contributed by atoms with Crippen LogP contribution in [0.2, 0.25) is 0 Å². The molecule has 0 aromatic heterocycles. The maximum absolute atomic E-state index is 12.3. The second-order valence-corrected chi connectivity index (χ2v) is 5.01. The fourth-order valence-electron chi connectivity index (χ4n) is 2.35. The van der Waals surface area contributed by atoms with E-state index in [0.29, 0.717) is 19.4 Å². The zero-order valence-corrected chi connectivity index (χ0v) is 11.4. The normalized spacial score (nSPS) is 18.1.